The summed E-state index contributed by atoms with van der Waals surface area (Å²) >= 11 is 0. The molecular weight excluding hydrogens is 395 g/mol. The number of anilines is 1. The van der Waals surface area contributed by atoms with E-state index in [-0.39, 0.29) is 29.8 Å². The molecule has 0 atom stereocenters. The number of pyridine rings is 1. The number of Topliss-reactive ketones (excluding diaryl/α,β-unsaturated/α-hetero) is 1. The minimum Gasteiger partial charge on any atom is -0.381 e. The molecule has 1 aromatic carbocycles. The molecule has 2 aliphatic heterocycles. The summed E-state index contributed by atoms with van der Waals surface area (Å²) < 4.78 is 18.6. The summed E-state index contributed by atoms with van der Waals surface area (Å²) in [6.07, 6.45) is 3.41. The molecule has 4 rings (SSSR count). The van der Waals surface area contributed by atoms with Gasteiger partial charge in [-0.25, -0.2) is 4.39 Å². The van der Waals surface area contributed by atoms with Crippen molar-refractivity contribution in [2.45, 2.75) is 51.4 Å². The Labute approximate surface area is 182 Å². The molecule has 31 heavy (non-hydrogen) atoms. The van der Waals surface area contributed by atoms with Crippen molar-refractivity contribution in [3.8, 4) is 0 Å². The van der Waals surface area contributed by atoms with Crippen LogP contribution in [0.3, 0.4) is 0 Å². The number of hydrogen-bond acceptors (Lipinski definition) is 4. The third-order valence-electron chi connectivity index (χ3n) is 6.49. The van der Waals surface area contributed by atoms with E-state index in [1.165, 1.54) is 12.1 Å². The van der Waals surface area contributed by atoms with Gasteiger partial charge in [0.05, 0.1) is 22.5 Å². The van der Waals surface area contributed by atoms with E-state index in [2.05, 4.69) is 0 Å². The van der Waals surface area contributed by atoms with E-state index in [1.807, 2.05) is 30.9 Å². The van der Waals surface area contributed by atoms with Crippen molar-refractivity contribution in [2.75, 3.05) is 24.7 Å². The number of carbonyl (C=O) groups excluding carboxylic acids is 2. The zero-order chi connectivity index (χ0) is 22.0. The fourth-order valence-corrected chi connectivity index (χ4v) is 4.34. The van der Waals surface area contributed by atoms with E-state index in [4.69, 9.17) is 9.72 Å². The summed E-state index contributed by atoms with van der Waals surface area (Å²) in [6, 6.07) is 9.85. The molecule has 2 aliphatic rings. The normalized spacial score (nSPS) is 17.3. The molecule has 0 radical (unpaired) electrons. The molecule has 0 N–H and O–H groups in total. The fraction of sp³-hybridized carbons (Fsp3) is 0.480. The molecule has 5 nitrogen and oxygen atoms in total. The summed E-state index contributed by atoms with van der Waals surface area (Å²) in [4.78, 5) is 32.9. The number of aromatic nitrogens is 1. The minimum atomic E-state index is -0.781. The molecule has 6 heteroatoms. The van der Waals surface area contributed by atoms with Gasteiger partial charge in [-0.1, -0.05) is 12.1 Å². The van der Waals surface area contributed by atoms with Gasteiger partial charge in [-0.15, -0.1) is 0 Å². The number of aryl methyl sites for hydroxylation is 1. The molecule has 0 bridgehead atoms. The van der Waals surface area contributed by atoms with E-state index in [0.717, 1.165) is 42.6 Å². The minimum absolute atomic E-state index is 0.00750. The van der Waals surface area contributed by atoms with Crippen molar-refractivity contribution in [2.24, 2.45) is 5.92 Å². The smallest absolute Gasteiger partial charge is 0.230 e. The van der Waals surface area contributed by atoms with Crippen molar-refractivity contribution in [1.29, 1.82) is 0 Å². The number of benzene rings is 1. The number of fused-ring (bicyclic) bond motifs is 1. The van der Waals surface area contributed by atoms with Gasteiger partial charge in [0, 0.05) is 32.1 Å². The van der Waals surface area contributed by atoms with Gasteiger partial charge in [0.2, 0.25) is 5.91 Å². The van der Waals surface area contributed by atoms with Crippen LogP contribution in [0.4, 0.5) is 10.1 Å². The molecule has 1 aromatic heterocycles. The Kier molecular flexibility index (Phi) is 6.19. The molecule has 0 unspecified atom stereocenters. The van der Waals surface area contributed by atoms with Crippen molar-refractivity contribution in [3.63, 3.8) is 0 Å². The highest BCUT2D eigenvalue weighted by atomic mass is 19.1. The molecular formula is C25H29FN2O3. The summed E-state index contributed by atoms with van der Waals surface area (Å²) in [7, 11) is 0. The summed E-state index contributed by atoms with van der Waals surface area (Å²) in [5.74, 6) is -0.122. The number of carbonyl (C=O) groups is 2. The lowest BCUT2D eigenvalue weighted by Crippen LogP contribution is -2.42. The standard InChI is InChI=1S/C25H29FN2O3/c1-25(2,23(29)16-17-5-7-19(26)8-6-17)22-10-9-21-20(27-22)4-3-13-28(21)24(30)18-11-14-31-15-12-18/h5-10,18H,3-4,11-16H2,1-2H3. The van der Waals surface area contributed by atoms with Gasteiger partial charge in [0.1, 0.15) is 11.6 Å². The quantitative estimate of drug-likeness (QED) is 0.728. The Hall–Kier alpha value is -2.60. The Morgan fingerprint density at radius 2 is 1.84 bits per heavy atom. The maximum Gasteiger partial charge on any atom is 0.230 e. The Morgan fingerprint density at radius 3 is 2.55 bits per heavy atom. The average Bonchev–Trinajstić information content (AvgIpc) is 2.79. The van der Waals surface area contributed by atoms with E-state index < -0.39 is 5.41 Å². The van der Waals surface area contributed by atoms with Crippen LogP contribution in [0.1, 0.15) is 50.1 Å². The lowest BCUT2D eigenvalue weighted by atomic mass is 9.81. The maximum atomic E-state index is 13.2. The Balaban J connectivity index is 1.54. The van der Waals surface area contributed by atoms with Crippen LogP contribution in [0.5, 0.6) is 0 Å². The Bertz CT molecular complexity index is 965. The third kappa shape index (κ3) is 4.54. The SMILES string of the molecule is CC(C)(C(=O)Cc1ccc(F)cc1)c1ccc2c(n1)CCCN2C(=O)C1CCOCC1. The molecule has 1 amide bonds. The van der Waals surface area contributed by atoms with Crippen LogP contribution in [-0.2, 0) is 32.6 Å². The van der Waals surface area contributed by atoms with Crippen molar-refractivity contribution in [3.05, 3.63) is 59.2 Å². The first-order chi connectivity index (χ1) is 14.9. The Morgan fingerprint density at radius 1 is 1.13 bits per heavy atom. The molecule has 164 valence electrons. The average molecular weight is 425 g/mol. The monoisotopic (exact) mass is 424 g/mol. The molecule has 0 saturated carbocycles. The predicted octanol–water partition coefficient (Wildman–Crippen LogP) is 4.02. The lowest BCUT2D eigenvalue weighted by molar-refractivity contribution is -0.125. The van der Waals surface area contributed by atoms with E-state index >= 15 is 0 Å². The van der Waals surface area contributed by atoms with Gasteiger partial charge in [-0.05, 0) is 69.4 Å². The third-order valence-corrected chi connectivity index (χ3v) is 6.49. The summed E-state index contributed by atoms with van der Waals surface area (Å²) in [6.45, 7) is 5.73. The van der Waals surface area contributed by atoms with Crippen LogP contribution in [0.25, 0.3) is 0 Å². The molecule has 1 saturated heterocycles. The zero-order valence-corrected chi connectivity index (χ0v) is 18.2. The van der Waals surface area contributed by atoms with E-state index in [1.54, 1.807) is 12.1 Å². The van der Waals surface area contributed by atoms with Gasteiger partial charge in [0.15, 0.2) is 0 Å². The molecule has 0 aliphatic carbocycles. The number of ketones is 1. The van der Waals surface area contributed by atoms with Crippen LogP contribution in [-0.4, -0.2) is 36.4 Å². The van der Waals surface area contributed by atoms with Gasteiger partial charge in [-0.2, -0.15) is 0 Å². The topological polar surface area (TPSA) is 59.5 Å². The lowest BCUT2D eigenvalue weighted by Gasteiger charge is -2.34. The molecule has 2 aromatic rings. The second-order valence-corrected chi connectivity index (χ2v) is 8.99. The van der Waals surface area contributed by atoms with Gasteiger partial charge >= 0.3 is 0 Å². The predicted molar refractivity (Wildman–Crippen MR) is 117 cm³/mol. The number of rotatable bonds is 5. The first kappa shape index (κ1) is 21.6. The van der Waals surface area contributed by atoms with Crippen LogP contribution >= 0.6 is 0 Å². The van der Waals surface area contributed by atoms with Crippen LogP contribution in [0.15, 0.2) is 36.4 Å². The highest BCUT2D eigenvalue weighted by molar-refractivity contribution is 5.96. The maximum absolute atomic E-state index is 13.2. The van der Waals surface area contributed by atoms with Crippen molar-refractivity contribution in [1.82, 2.24) is 4.98 Å². The second-order valence-electron chi connectivity index (χ2n) is 8.99. The summed E-state index contributed by atoms with van der Waals surface area (Å²) in [5, 5.41) is 0. The number of ether oxygens (including phenoxy) is 1. The van der Waals surface area contributed by atoms with Crippen LogP contribution in [0, 0.1) is 11.7 Å². The van der Waals surface area contributed by atoms with Crippen LogP contribution in [0.2, 0.25) is 0 Å². The van der Waals surface area contributed by atoms with Crippen LogP contribution < -0.4 is 4.90 Å². The first-order valence-electron chi connectivity index (χ1n) is 11.0. The van der Waals surface area contributed by atoms with Crippen molar-refractivity contribution < 1.29 is 18.7 Å². The first-order valence-corrected chi connectivity index (χ1v) is 11.0. The zero-order valence-electron chi connectivity index (χ0n) is 18.2. The van der Waals surface area contributed by atoms with Gasteiger partial charge < -0.3 is 9.64 Å². The largest absolute Gasteiger partial charge is 0.381 e. The fourth-order valence-electron chi connectivity index (χ4n) is 4.34. The number of amides is 1. The number of nitrogens with zero attached hydrogens (tertiary/aromatic N) is 2. The summed E-state index contributed by atoms with van der Waals surface area (Å²) in [5.41, 5.74) is 2.46. The van der Waals surface area contributed by atoms with Gasteiger partial charge in [0.25, 0.3) is 0 Å². The number of hydrogen-bond donors (Lipinski definition) is 0. The van der Waals surface area contributed by atoms with E-state index in [9.17, 15) is 14.0 Å². The molecule has 3 heterocycles. The van der Waals surface area contributed by atoms with E-state index in [0.29, 0.717) is 25.5 Å². The highest BCUT2D eigenvalue weighted by Crippen LogP contribution is 2.33. The number of halogens is 1. The van der Waals surface area contributed by atoms with Gasteiger partial charge in [-0.3, -0.25) is 14.6 Å². The second kappa shape index (κ2) is 8.87. The van der Waals surface area contributed by atoms with Crippen molar-refractivity contribution >= 4 is 17.4 Å². The molecule has 0 spiro atoms. The highest BCUT2D eigenvalue weighted by Gasteiger charge is 2.34. The molecule has 1 fully saturated rings.